The van der Waals surface area contributed by atoms with Crippen molar-refractivity contribution in [2.24, 2.45) is 11.5 Å². The van der Waals surface area contributed by atoms with Crippen LogP contribution in [0.4, 0.5) is 0 Å². The van der Waals surface area contributed by atoms with E-state index >= 15 is 0 Å². The van der Waals surface area contributed by atoms with Crippen molar-refractivity contribution in [3.05, 3.63) is 0 Å². The molecule has 2 amide bonds. The Morgan fingerprint density at radius 1 is 1.31 bits per heavy atom. The van der Waals surface area contributed by atoms with Crippen LogP contribution in [0.5, 0.6) is 0 Å². The van der Waals surface area contributed by atoms with E-state index in [1.54, 1.807) is 13.8 Å². The minimum absolute atomic E-state index is 0.326. The number of rotatable bonds is 5. The van der Waals surface area contributed by atoms with Crippen LogP contribution in [-0.4, -0.2) is 23.9 Å². The van der Waals surface area contributed by atoms with Crippen LogP contribution in [0.25, 0.3) is 0 Å². The minimum atomic E-state index is -0.606. The number of carbonyl (C=O) groups excluding carboxylic acids is 2. The summed E-state index contributed by atoms with van der Waals surface area (Å²) in [6, 6.07) is -1.17. The number of primary amides is 1. The molecule has 0 spiro atoms. The van der Waals surface area contributed by atoms with Crippen molar-refractivity contribution < 1.29 is 9.59 Å². The molecule has 0 radical (unpaired) electrons. The molecule has 76 valence electrons. The normalized spacial score (nSPS) is 14.7. The highest BCUT2D eigenvalue weighted by Crippen LogP contribution is 1.92. The quantitative estimate of drug-likeness (QED) is 0.520. The summed E-state index contributed by atoms with van der Waals surface area (Å²) in [6.07, 6.45) is 1.03. The summed E-state index contributed by atoms with van der Waals surface area (Å²) >= 11 is 0. The van der Waals surface area contributed by atoms with E-state index in [0.717, 1.165) is 0 Å². The zero-order valence-corrected chi connectivity index (χ0v) is 8.04. The minimum Gasteiger partial charge on any atom is -0.368 e. The zero-order chi connectivity index (χ0) is 10.4. The maximum absolute atomic E-state index is 11.2. The highest BCUT2D eigenvalue weighted by atomic mass is 16.2. The SMILES string of the molecule is CCC(N)C(=O)NC(CC)C(N)=O. The van der Waals surface area contributed by atoms with Gasteiger partial charge in [-0.05, 0) is 12.8 Å². The van der Waals surface area contributed by atoms with Crippen molar-refractivity contribution in [1.82, 2.24) is 5.32 Å². The molecule has 0 saturated heterocycles. The van der Waals surface area contributed by atoms with Crippen LogP contribution in [-0.2, 0) is 9.59 Å². The molecule has 0 aliphatic rings. The molecule has 2 unspecified atom stereocenters. The first-order valence-electron chi connectivity index (χ1n) is 4.38. The predicted molar refractivity (Wildman–Crippen MR) is 49.7 cm³/mol. The standard InChI is InChI=1S/C8H17N3O2/c1-3-5(9)8(13)11-6(4-2)7(10)12/h5-6H,3-4,9H2,1-2H3,(H2,10,12)(H,11,13). The van der Waals surface area contributed by atoms with Crippen molar-refractivity contribution in [2.75, 3.05) is 0 Å². The van der Waals surface area contributed by atoms with Gasteiger partial charge in [-0.3, -0.25) is 9.59 Å². The summed E-state index contributed by atoms with van der Waals surface area (Å²) in [5, 5.41) is 2.48. The number of carbonyl (C=O) groups is 2. The molecule has 0 aromatic carbocycles. The topological polar surface area (TPSA) is 98.2 Å². The smallest absolute Gasteiger partial charge is 0.239 e. The average Bonchev–Trinajstić information content (AvgIpc) is 2.11. The number of nitrogens with two attached hydrogens (primary N) is 2. The zero-order valence-electron chi connectivity index (χ0n) is 8.04. The highest BCUT2D eigenvalue weighted by molar-refractivity contribution is 5.88. The largest absolute Gasteiger partial charge is 0.368 e. The summed E-state index contributed by atoms with van der Waals surface area (Å²) in [4.78, 5) is 21.9. The molecule has 0 bridgehead atoms. The van der Waals surface area contributed by atoms with Gasteiger partial charge >= 0.3 is 0 Å². The molecule has 2 atom stereocenters. The first-order valence-corrected chi connectivity index (χ1v) is 4.38. The van der Waals surface area contributed by atoms with E-state index in [9.17, 15) is 9.59 Å². The van der Waals surface area contributed by atoms with Crippen molar-refractivity contribution >= 4 is 11.8 Å². The Morgan fingerprint density at radius 2 is 1.85 bits per heavy atom. The highest BCUT2D eigenvalue weighted by Gasteiger charge is 2.18. The van der Waals surface area contributed by atoms with Crippen molar-refractivity contribution in [2.45, 2.75) is 38.8 Å². The van der Waals surface area contributed by atoms with Crippen LogP contribution in [0, 0.1) is 0 Å². The molecular weight excluding hydrogens is 170 g/mol. The van der Waals surface area contributed by atoms with Gasteiger partial charge in [-0.1, -0.05) is 13.8 Å². The van der Waals surface area contributed by atoms with Crippen LogP contribution in [0.15, 0.2) is 0 Å². The molecule has 0 fully saturated rings. The Balaban J connectivity index is 4.09. The number of nitrogens with one attached hydrogen (secondary N) is 1. The van der Waals surface area contributed by atoms with Gasteiger partial charge < -0.3 is 16.8 Å². The van der Waals surface area contributed by atoms with Gasteiger partial charge in [0, 0.05) is 0 Å². The summed E-state index contributed by atoms with van der Waals surface area (Å²) in [5.41, 5.74) is 10.5. The molecule has 0 saturated carbocycles. The Kier molecular flexibility index (Phi) is 5.06. The lowest BCUT2D eigenvalue weighted by atomic mass is 10.1. The van der Waals surface area contributed by atoms with E-state index in [1.807, 2.05) is 0 Å². The number of hydrogen-bond acceptors (Lipinski definition) is 3. The second-order valence-corrected chi connectivity index (χ2v) is 2.89. The molecule has 13 heavy (non-hydrogen) atoms. The monoisotopic (exact) mass is 187 g/mol. The van der Waals surface area contributed by atoms with E-state index < -0.39 is 18.0 Å². The summed E-state index contributed by atoms with van der Waals surface area (Å²) in [7, 11) is 0. The molecular formula is C8H17N3O2. The van der Waals surface area contributed by atoms with Gasteiger partial charge in [-0.15, -0.1) is 0 Å². The molecule has 5 N–H and O–H groups in total. The lowest BCUT2D eigenvalue weighted by Crippen LogP contribution is -2.49. The average molecular weight is 187 g/mol. The second kappa shape index (κ2) is 5.53. The molecule has 5 nitrogen and oxygen atoms in total. The number of hydrogen-bond donors (Lipinski definition) is 3. The first kappa shape index (κ1) is 11.9. The van der Waals surface area contributed by atoms with E-state index in [-0.39, 0.29) is 5.91 Å². The third kappa shape index (κ3) is 3.89. The van der Waals surface area contributed by atoms with Crippen LogP contribution in [0.3, 0.4) is 0 Å². The lowest BCUT2D eigenvalue weighted by Gasteiger charge is -2.15. The van der Waals surface area contributed by atoms with Crippen LogP contribution in [0.2, 0.25) is 0 Å². The molecule has 0 aromatic rings. The van der Waals surface area contributed by atoms with Gasteiger partial charge in [0.1, 0.15) is 6.04 Å². The first-order chi connectivity index (χ1) is 6.02. The van der Waals surface area contributed by atoms with Crippen molar-refractivity contribution in [3.8, 4) is 0 Å². The Labute approximate surface area is 77.8 Å². The molecule has 0 rings (SSSR count). The van der Waals surface area contributed by atoms with Gasteiger partial charge in [-0.25, -0.2) is 0 Å². The molecule has 0 aliphatic carbocycles. The van der Waals surface area contributed by atoms with Gasteiger partial charge in [-0.2, -0.15) is 0 Å². The number of amides is 2. The summed E-state index contributed by atoms with van der Waals surface area (Å²) in [5.74, 6) is -0.854. The van der Waals surface area contributed by atoms with Gasteiger partial charge in [0.05, 0.1) is 6.04 Å². The summed E-state index contributed by atoms with van der Waals surface area (Å²) in [6.45, 7) is 3.57. The molecule has 0 heterocycles. The Hall–Kier alpha value is -1.10. The van der Waals surface area contributed by atoms with Gasteiger partial charge in [0.25, 0.3) is 0 Å². The fourth-order valence-corrected chi connectivity index (χ4v) is 0.839. The Morgan fingerprint density at radius 3 is 2.15 bits per heavy atom. The molecule has 5 heteroatoms. The van der Waals surface area contributed by atoms with Crippen molar-refractivity contribution in [3.63, 3.8) is 0 Å². The van der Waals surface area contributed by atoms with E-state index in [4.69, 9.17) is 11.5 Å². The fraction of sp³-hybridized carbons (Fsp3) is 0.750. The van der Waals surface area contributed by atoms with Gasteiger partial charge in [0.2, 0.25) is 11.8 Å². The van der Waals surface area contributed by atoms with E-state index in [2.05, 4.69) is 5.32 Å². The maximum atomic E-state index is 11.2. The van der Waals surface area contributed by atoms with Crippen LogP contribution in [0.1, 0.15) is 26.7 Å². The molecule has 0 aromatic heterocycles. The van der Waals surface area contributed by atoms with E-state index in [1.165, 1.54) is 0 Å². The van der Waals surface area contributed by atoms with E-state index in [0.29, 0.717) is 12.8 Å². The van der Waals surface area contributed by atoms with Crippen LogP contribution >= 0.6 is 0 Å². The van der Waals surface area contributed by atoms with Crippen LogP contribution < -0.4 is 16.8 Å². The summed E-state index contributed by atoms with van der Waals surface area (Å²) < 4.78 is 0. The Bertz CT molecular complexity index is 194. The van der Waals surface area contributed by atoms with Crippen molar-refractivity contribution in [1.29, 1.82) is 0 Å². The van der Waals surface area contributed by atoms with Gasteiger partial charge in [0.15, 0.2) is 0 Å². The fourth-order valence-electron chi connectivity index (χ4n) is 0.839. The second-order valence-electron chi connectivity index (χ2n) is 2.89. The predicted octanol–water partition coefficient (Wildman–Crippen LogP) is -0.896. The third-order valence-electron chi connectivity index (χ3n) is 1.84. The lowest BCUT2D eigenvalue weighted by molar-refractivity contribution is -0.128. The third-order valence-corrected chi connectivity index (χ3v) is 1.84. The maximum Gasteiger partial charge on any atom is 0.239 e. The molecule has 0 aliphatic heterocycles.